The number of nitrogens with zero attached hydrogens (tertiary/aromatic N) is 3. The van der Waals surface area contributed by atoms with Crippen molar-refractivity contribution in [1.82, 2.24) is 25.7 Å². The van der Waals surface area contributed by atoms with Crippen LogP contribution in [0.15, 0.2) is 17.3 Å². The van der Waals surface area contributed by atoms with E-state index in [9.17, 15) is 9.59 Å². The average Bonchev–Trinajstić information content (AvgIpc) is 3.81. The topological polar surface area (TPSA) is 100 Å². The number of rotatable bonds is 9. The fourth-order valence-electron chi connectivity index (χ4n) is 7.41. The zero-order valence-electron chi connectivity index (χ0n) is 21.8. The summed E-state index contributed by atoms with van der Waals surface area (Å²) in [6.07, 6.45) is 12.1. The summed E-state index contributed by atoms with van der Waals surface area (Å²) in [4.78, 5) is 31.2. The van der Waals surface area contributed by atoms with E-state index in [1.54, 1.807) is 10.9 Å². The van der Waals surface area contributed by atoms with E-state index in [0.717, 1.165) is 44.5 Å². The molecule has 0 spiro atoms. The number of nitrogens with one attached hydrogen (secondary N) is 3. The van der Waals surface area contributed by atoms with Crippen LogP contribution in [-0.2, 0) is 11.3 Å². The van der Waals surface area contributed by atoms with E-state index in [0.29, 0.717) is 47.9 Å². The van der Waals surface area contributed by atoms with Crippen molar-refractivity contribution in [3.05, 3.63) is 18.0 Å². The number of aryl methyl sites for hydroxylation is 1. The van der Waals surface area contributed by atoms with Crippen molar-refractivity contribution in [1.29, 1.82) is 0 Å². The summed E-state index contributed by atoms with van der Waals surface area (Å²) in [5.74, 6) is 4.16. The van der Waals surface area contributed by atoms with E-state index in [2.05, 4.69) is 28.0 Å². The number of hydrogen-bond acceptors (Lipinski definition) is 5. The van der Waals surface area contributed by atoms with E-state index >= 15 is 0 Å². The number of carbonyl (C=O) groups is 2. The van der Waals surface area contributed by atoms with Gasteiger partial charge in [-0.3, -0.25) is 19.3 Å². The highest BCUT2D eigenvalue weighted by molar-refractivity contribution is 5.98. The predicted octanol–water partition coefficient (Wildman–Crippen LogP) is 3.14. The van der Waals surface area contributed by atoms with E-state index in [1.807, 2.05) is 13.0 Å². The van der Waals surface area contributed by atoms with Crippen molar-refractivity contribution in [2.75, 3.05) is 6.54 Å². The van der Waals surface area contributed by atoms with Gasteiger partial charge in [0.25, 0.3) is 5.91 Å². The number of hydrogen-bond donors (Lipinski definition) is 3. The van der Waals surface area contributed by atoms with Crippen LogP contribution in [0.3, 0.4) is 0 Å². The highest BCUT2D eigenvalue weighted by Crippen LogP contribution is 2.51. The number of fused-ring (bicyclic) bond motifs is 1. The van der Waals surface area contributed by atoms with Crippen molar-refractivity contribution in [3.63, 3.8) is 0 Å². The van der Waals surface area contributed by atoms with Gasteiger partial charge in [0.1, 0.15) is 11.5 Å². The van der Waals surface area contributed by atoms with Crippen molar-refractivity contribution < 1.29 is 9.59 Å². The second-order valence-corrected chi connectivity index (χ2v) is 12.0. The van der Waals surface area contributed by atoms with Crippen LogP contribution >= 0.6 is 0 Å². The molecule has 1 aromatic rings. The Kier molecular flexibility index (Phi) is 6.54. The Labute approximate surface area is 214 Å². The van der Waals surface area contributed by atoms with E-state index in [4.69, 9.17) is 4.99 Å². The first-order valence-electron chi connectivity index (χ1n) is 14.5. The summed E-state index contributed by atoms with van der Waals surface area (Å²) in [5.41, 5.74) is 0.628. The summed E-state index contributed by atoms with van der Waals surface area (Å²) in [5, 5.41) is 14.7. The lowest BCUT2D eigenvalue weighted by atomic mass is 9.70. The second-order valence-electron chi connectivity index (χ2n) is 12.0. The molecular formula is C28H42N6O2. The van der Waals surface area contributed by atoms with Gasteiger partial charge in [0.2, 0.25) is 5.91 Å². The maximum Gasteiger partial charge on any atom is 0.270 e. The number of aromatic nitrogens is 2. The van der Waals surface area contributed by atoms with Crippen LogP contribution in [0.25, 0.3) is 0 Å². The predicted molar refractivity (Wildman–Crippen MR) is 138 cm³/mol. The van der Waals surface area contributed by atoms with E-state index in [1.165, 1.54) is 25.7 Å². The third-order valence-electron chi connectivity index (χ3n) is 9.75. The van der Waals surface area contributed by atoms with Gasteiger partial charge in [-0.15, -0.1) is 0 Å². The molecule has 2 amide bonds. The fraction of sp³-hybridized carbons (Fsp3) is 0.786. The van der Waals surface area contributed by atoms with Gasteiger partial charge < -0.3 is 16.0 Å². The molecule has 196 valence electrons. The molecule has 1 aromatic heterocycles. The molecule has 4 fully saturated rings. The monoisotopic (exact) mass is 494 g/mol. The van der Waals surface area contributed by atoms with Gasteiger partial charge in [0.05, 0.1) is 12.1 Å². The first-order chi connectivity index (χ1) is 17.5. The molecule has 3 aliphatic carbocycles. The van der Waals surface area contributed by atoms with Gasteiger partial charge in [-0.05, 0) is 100 Å². The van der Waals surface area contributed by atoms with Crippen LogP contribution in [-0.4, -0.2) is 52.1 Å². The van der Waals surface area contributed by atoms with Gasteiger partial charge in [-0.1, -0.05) is 6.92 Å². The summed E-state index contributed by atoms with van der Waals surface area (Å²) >= 11 is 0. The Morgan fingerprint density at radius 2 is 1.89 bits per heavy atom. The van der Waals surface area contributed by atoms with Crippen molar-refractivity contribution in [3.8, 4) is 0 Å². The van der Waals surface area contributed by atoms with Crippen LogP contribution < -0.4 is 16.0 Å². The van der Waals surface area contributed by atoms with Crippen molar-refractivity contribution in [2.45, 2.75) is 96.3 Å². The fourth-order valence-corrected chi connectivity index (χ4v) is 7.41. The van der Waals surface area contributed by atoms with Gasteiger partial charge in [-0.25, -0.2) is 0 Å². The Morgan fingerprint density at radius 1 is 1.14 bits per heavy atom. The molecule has 0 radical (unpaired) electrons. The first kappa shape index (κ1) is 24.0. The Morgan fingerprint density at radius 3 is 2.58 bits per heavy atom. The molecule has 36 heavy (non-hydrogen) atoms. The van der Waals surface area contributed by atoms with Crippen molar-refractivity contribution >= 4 is 17.6 Å². The second kappa shape index (κ2) is 9.82. The third-order valence-corrected chi connectivity index (χ3v) is 9.75. The Bertz CT molecular complexity index is 999. The lowest BCUT2D eigenvalue weighted by molar-refractivity contribution is -0.129. The smallest absolute Gasteiger partial charge is 0.270 e. The quantitative estimate of drug-likeness (QED) is 0.491. The molecule has 5 unspecified atom stereocenters. The van der Waals surface area contributed by atoms with Crippen LogP contribution in [0.5, 0.6) is 0 Å². The molecule has 8 heteroatoms. The number of piperidine rings is 1. The summed E-state index contributed by atoms with van der Waals surface area (Å²) in [6.45, 7) is 5.80. The maximum atomic E-state index is 13.4. The number of amidine groups is 1. The van der Waals surface area contributed by atoms with E-state index in [-0.39, 0.29) is 29.8 Å². The van der Waals surface area contributed by atoms with Crippen molar-refractivity contribution in [2.24, 2.45) is 40.5 Å². The molecule has 8 nitrogen and oxygen atoms in total. The SMILES string of the molecule is CCn1nccc1C(=O)N[C@H](C1=NC2CCC(C(C)C3CCCNC3=O)CC2N1)C(C1CC1)C1CC1. The normalized spacial score (nSPS) is 31.8. The Hall–Kier alpha value is -2.38. The third kappa shape index (κ3) is 4.68. The number of amides is 2. The number of carbonyl (C=O) groups excluding carboxylic acids is 2. The van der Waals surface area contributed by atoms with E-state index < -0.39 is 0 Å². The summed E-state index contributed by atoms with van der Waals surface area (Å²) < 4.78 is 1.77. The zero-order valence-corrected chi connectivity index (χ0v) is 21.8. The minimum atomic E-state index is -0.0525. The minimum absolute atomic E-state index is 0.0418. The minimum Gasteiger partial charge on any atom is -0.367 e. The Balaban J connectivity index is 1.18. The van der Waals surface area contributed by atoms with Crippen LogP contribution in [0.1, 0.15) is 82.1 Å². The molecular weight excluding hydrogens is 452 g/mol. The van der Waals surface area contributed by atoms with Gasteiger partial charge in [0.15, 0.2) is 0 Å². The molecule has 3 N–H and O–H groups in total. The molecule has 3 saturated carbocycles. The first-order valence-corrected chi connectivity index (χ1v) is 14.5. The largest absolute Gasteiger partial charge is 0.367 e. The van der Waals surface area contributed by atoms with Gasteiger partial charge in [-0.2, -0.15) is 5.10 Å². The molecule has 1 saturated heterocycles. The molecule has 3 heterocycles. The van der Waals surface area contributed by atoms with Gasteiger partial charge in [0, 0.05) is 31.2 Å². The molecule has 2 aliphatic heterocycles. The van der Waals surface area contributed by atoms with Crippen LogP contribution in [0.2, 0.25) is 0 Å². The molecule has 0 bridgehead atoms. The summed E-state index contributed by atoms with van der Waals surface area (Å²) in [7, 11) is 0. The lowest BCUT2D eigenvalue weighted by Gasteiger charge is -2.38. The zero-order chi connectivity index (χ0) is 24.8. The lowest BCUT2D eigenvalue weighted by Crippen LogP contribution is -2.53. The average molecular weight is 495 g/mol. The maximum absolute atomic E-state index is 13.4. The summed E-state index contributed by atoms with van der Waals surface area (Å²) in [6, 6.07) is 2.36. The molecule has 6 rings (SSSR count). The van der Waals surface area contributed by atoms with Crippen LogP contribution in [0, 0.1) is 35.5 Å². The standard InChI is InChI=1S/C28H42N6O2/c1-3-34-23(12-14-30-34)28(36)33-25(24(17-6-7-17)18-8-9-18)26-31-21-11-10-19(15-22(21)32-26)16(2)20-5-4-13-29-27(20)35/h12,14,16-22,24-25H,3-11,13,15H2,1-2H3,(H,29,35)(H,31,32)(H,33,36)/t16?,19?,20?,21?,22?,25-/m0/s1. The van der Waals surface area contributed by atoms with Crippen LogP contribution in [0.4, 0.5) is 0 Å². The molecule has 6 atom stereocenters. The molecule has 0 aromatic carbocycles. The highest BCUT2D eigenvalue weighted by Gasteiger charge is 2.50. The highest BCUT2D eigenvalue weighted by atomic mass is 16.2. The van der Waals surface area contributed by atoms with Gasteiger partial charge >= 0.3 is 0 Å². The molecule has 5 aliphatic rings. The number of aliphatic imine (C=N–C) groups is 1.